The summed E-state index contributed by atoms with van der Waals surface area (Å²) in [6.45, 7) is 2.29. The van der Waals surface area contributed by atoms with Crippen molar-refractivity contribution in [2.45, 2.75) is 19.1 Å². The lowest BCUT2D eigenvalue weighted by molar-refractivity contribution is 0.287. The lowest BCUT2D eigenvalue weighted by Gasteiger charge is -2.21. The normalized spacial score (nSPS) is 16.9. The van der Waals surface area contributed by atoms with Crippen LogP contribution in [-0.2, 0) is 6.61 Å². The number of anilines is 1. The van der Waals surface area contributed by atoms with Crippen LogP contribution in [0.3, 0.4) is 0 Å². The number of benzene rings is 1. The highest BCUT2D eigenvalue weighted by atomic mass is 16.5. The van der Waals surface area contributed by atoms with Crippen molar-refractivity contribution in [3.63, 3.8) is 0 Å². The number of aromatic nitrogens is 3. The van der Waals surface area contributed by atoms with Gasteiger partial charge in [0.05, 0.1) is 5.56 Å². The number of pyridine rings is 1. The van der Waals surface area contributed by atoms with Crippen molar-refractivity contribution in [1.82, 2.24) is 20.0 Å². The van der Waals surface area contributed by atoms with Crippen molar-refractivity contribution in [1.29, 1.82) is 0 Å². The van der Waals surface area contributed by atoms with Gasteiger partial charge in [0.1, 0.15) is 11.6 Å². The molecule has 0 N–H and O–H groups in total. The Morgan fingerprint density at radius 3 is 2.74 bits per heavy atom. The second-order valence-corrected chi connectivity index (χ2v) is 6.87. The molecule has 7 nitrogen and oxygen atoms in total. The lowest BCUT2D eigenvalue weighted by Crippen LogP contribution is -2.31. The van der Waals surface area contributed by atoms with Crippen LogP contribution < -0.4 is 9.64 Å². The maximum absolute atomic E-state index is 5.65. The predicted molar refractivity (Wildman–Crippen MR) is 103 cm³/mol. The molecule has 4 rings (SSSR count). The first-order valence-electron chi connectivity index (χ1n) is 9.07. The molecule has 0 amide bonds. The number of rotatable bonds is 6. The Hall–Kier alpha value is -2.93. The summed E-state index contributed by atoms with van der Waals surface area (Å²) in [6, 6.07) is 14.1. The maximum atomic E-state index is 5.65. The van der Waals surface area contributed by atoms with Crippen LogP contribution in [-0.4, -0.2) is 53.3 Å². The highest BCUT2D eigenvalue weighted by Gasteiger charge is 2.24. The van der Waals surface area contributed by atoms with Crippen molar-refractivity contribution >= 4 is 5.82 Å². The van der Waals surface area contributed by atoms with Crippen molar-refractivity contribution in [3.8, 4) is 17.2 Å². The van der Waals surface area contributed by atoms with Gasteiger partial charge in [-0.2, -0.15) is 4.98 Å². The van der Waals surface area contributed by atoms with Gasteiger partial charge in [0, 0.05) is 25.3 Å². The average molecular weight is 365 g/mol. The fourth-order valence-corrected chi connectivity index (χ4v) is 3.17. The third kappa shape index (κ3) is 4.09. The van der Waals surface area contributed by atoms with Crippen LogP contribution in [0.2, 0.25) is 0 Å². The first-order valence-corrected chi connectivity index (χ1v) is 9.07. The second-order valence-electron chi connectivity index (χ2n) is 6.87. The molecule has 1 aromatic carbocycles. The molecule has 7 heteroatoms. The van der Waals surface area contributed by atoms with E-state index in [4.69, 9.17) is 9.26 Å². The van der Waals surface area contributed by atoms with Gasteiger partial charge in [-0.25, -0.2) is 4.98 Å². The van der Waals surface area contributed by atoms with E-state index in [9.17, 15) is 0 Å². The number of hydrogen-bond acceptors (Lipinski definition) is 7. The first kappa shape index (κ1) is 17.5. The van der Waals surface area contributed by atoms with Gasteiger partial charge in [0.2, 0.25) is 5.82 Å². The van der Waals surface area contributed by atoms with E-state index in [-0.39, 0.29) is 6.61 Å². The van der Waals surface area contributed by atoms with Crippen molar-refractivity contribution < 1.29 is 9.26 Å². The molecule has 0 saturated carbocycles. The number of ether oxygens (including phenoxy) is 1. The summed E-state index contributed by atoms with van der Waals surface area (Å²) < 4.78 is 11.0. The minimum absolute atomic E-state index is 0.263. The van der Waals surface area contributed by atoms with E-state index < -0.39 is 0 Å². The second kappa shape index (κ2) is 7.75. The fraction of sp³-hybridized carbons (Fsp3) is 0.350. The molecule has 0 unspecified atom stereocenters. The van der Waals surface area contributed by atoms with Crippen LogP contribution in [0, 0.1) is 0 Å². The zero-order valence-corrected chi connectivity index (χ0v) is 15.6. The highest BCUT2D eigenvalue weighted by Crippen LogP contribution is 2.23. The molecule has 0 radical (unpaired) electrons. The Morgan fingerprint density at radius 2 is 2.04 bits per heavy atom. The van der Waals surface area contributed by atoms with Gasteiger partial charge in [0.25, 0.3) is 5.89 Å². The van der Waals surface area contributed by atoms with E-state index in [2.05, 4.69) is 39.0 Å². The van der Waals surface area contributed by atoms with Crippen molar-refractivity contribution in [2.75, 3.05) is 32.1 Å². The van der Waals surface area contributed by atoms with E-state index >= 15 is 0 Å². The summed E-state index contributed by atoms with van der Waals surface area (Å²) in [5.41, 5.74) is 0.806. The standard InChI is InChI=1S/C20H23N5O2/c1-24(2)16-10-11-25(13-16)19-9-8-15(12-21-19)20-22-18(23-27-20)14-26-17-6-4-3-5-7-17/h3-9,12,16H,10-11,13-14H2,1-2H3/t16-/m0/s1. The molecule has 1 aliphatic heterocycles. The van der Waals surface area contributed by atoms with Gasteiger partial charge in [-0.3, -0.25) is 0 Å². The Kier molecular flexibility index (Phi) is 5.02. The molecule has 1 fully saturated rings. The predicted octanol–water partition coefficient (Wildman–Crippen LogP) is 2.85. The van der Waals surface area contributed by atoms with Gasteiger partial charge in [-0.1, -0.05) is 23.4 Å². The van der Waals surface area contributed by atoms with Gasteiger partial charge < -0.3 is 19.1 Å². The molecular weight excluding hydrogens is 342 g/mol. The zero-order valence-electron chi connectivity index (χ0n) is 15.6. The molecule has 1 saturated heterocycles. The first-order chi connectivity index (χ1) is 13.2. The quantitative estimate of drug-likeness (QED) is 0.665. The summed E-state index contributed by atoms with van der Waals surface area (Å²) in [4.78, 5) is 13.6. The zero-order chi connectivity index (χ0) is 18.6. The van der Waals surface area contributed by atoms with Crippen LogP contribution in [0.4, 0.5) is 5.82 Å². The number of nitrogens with zero attached hydrogens (tertiary/aromatic N) is 5. The molecule has 140 valence electrons. The summed E-state index contributed by atoms with van der Waals surface area (Å²) in [5.74, 6) is 2.71. The maximum Gasteiger partial charge on any atom is 0.259 e. The van der Waals surface area contributed by atoms with Gasteiger partial charge in [-0.05, 0) is 44.8 Å². The molecular formula is C20H23N5O2. The minimum atomic E-state index is 0.263. The van der Waals surface area contributed by atoms with Crippen molar-refractivity contribution in [3.05, 3.63) is 54.5 Å². The van der Waals surface area contributed by atoms with E-state index in [0.717, 1.165) is 36.6 Å². The fourth-order valence-electron chi connectivity index (χ4n) is 3.17. The van der Waals surface area contributed by atoms with Crippen LogP contribution in [0.5, 0.6) is 5.75 Å². The Morgan fingerprint density at radius 1 is 1.19 bits per heavy atom. The Bertz CT molecular complexity index is 864. The summed E-state index contributed by atoms with van der Waals surface area (Å²) in [7, 11) is 4.25. The SMILES string of the molecule is CN(C)[C@H]1CCN(c2ccc(-c3nc(COc4ccccc4)no3)cn2)C1. The molecule has 0 spiro atoms. The molecule has 27 heavy (non-hydrogen) atoms. The molecule has 2 aromatic heterocycles. The third-order valence-corrected chi connectivity index (χ3v) is 4.79. The molecule has 0 aliphatic carbocycles. The molecule has 0 bridgehead atoms. The van der Waals surface area contributed by atoms with E-state index in [0.29, 0.717) is 17.8 Å². The van der Waals surface area contributed by atoms with Gasteiger partial charge in [-0.15, -0.1) is 0 Å². The minimum Gasteiger partial charge on any atom is -0.485 e. The largest absolute Gasteiger partial charge is 0.485 e. The van der Waals surface area contributed by atoms with E-state index in [1.54, 1.807) is 6.20 Å². The number of hydrogen-bond donors (Lipinski definition) is 0. The smallest absolute Gasteiger partial charge is 0.259 e. The van der Waals surface area contributed by atoms with Crippen LogP contribution >= 0.6 is 0 Å². The van der Waals surface area contributed by atoms with Crippen molar-refractivity contribution in [2.24, 2.45) is 0 Å². The number of para-hydroxylation sites is 1. The van der Waals surface area contributed by atoms with Gasteiger partial charge >= 0.3 is 0 Å². The summed E-state index contributed by atoms with van der Waals surface area (Å²) in [5, 5.41) is 3.98. The molecule has 3 heterocycles. The van der Waals surface area contributed by atoms with Crippen LogP contribution in [0.1, 0.15) is 12.2 Å². The van der Waals surface area contributed by atoms with E-state index in [1.807, 2.05) is 42.5 Å². The number of likely N-dealkylation sites (N-methyl/N-ethyl adjacent to an activating group) is 1. The highest BCUT2D eigenvalue weighted by molar-refractivity contribution is 5.55. The van der Waals surface area contributed by atoms with E-state index in [1.165, 1.54) is 0 Å². The average Bonchev–Trinajstić information content (AvgIpc) is 3.37. The summed E-state index contributed by atoms with van der Waals surface area (Å²) in [6.07, 6.45) is 2.94. The van der Waals surface area contributed by atoms with Crippen LogP contribution in [0.25, 0.3) is 11.5 Å². The molecule has 3 aromatic rings. The Labute approximate surface area is 158 Å². The Balaban J connectivity index is 1.39. The monoisotopic (exact) mass is 365 g/mol. The third-order valence-electron chi connectivity index (χ3n) is 4.79. The van der Waals surface area contributed by atoms with Crippen LogP contribution in [0.15, 0.2) is 53.2 Å². The topological polar surface area (TPSA) is 67.5 Å². The summed E-state index contributed by atoms with van der Waals surface area (Å²) >= 11 is 0. The lowest BCUT2D eigenvalue weighted by atomic mass is 10.2. The molecule has 1 atom stereocenters. The van der Waals surface area contributed by atoms with Gasteiger partial charge in [0.15, 0.2) is 6.61 Å². The molecule has 1 aliphatic rings.